The largest absolute Gasteiger partial charge is 0.0911 e. The van der Waals surface area contributed by atoms with E-state index < -0.39 is 0 Å². The van der Waals surface area contributed by atoms with Gasteiger partial charge in [-0.3, -0.25) is 0 Å². The molecular formula is C19H14. The Labute approximate surface area is 112 Å². The Hall–Kier alpha value is -2.34. The molecule has 2 aliphatic rings. The minimum absolute atomic E-state index is 0.985. The highest BCUT2D eigenvalue weighted by Crippen LogP contribution is 2.45. The predicted octanol–water partition coefficient (Wildman–Crippen LogP) is 2.91. The Morgan fingerprint density at radius 1 is 0.842 bits per heavy atom. The number of benzene rings is 2. The first-order valence-corrected chi connectivity index (χ1v) is 6.58. The van der Waals surface area contributed by atoms with Crippen LogP contribution in [0.25, 0.3) is 23.3 Å². The SMILES string of the molecule is C=C1C2=c3c(cccc3=C)CC=C2c2ccccc21. The Bertz CT molecular complexity index is 863. The lowest BCUT2D eigenvalue weighted by Gasteiger charge is -2.13. The molecule has 2 aromatic carbocycles. The van der Waals surface area contributed by atoms with Crippen molar-refractivity contribution in [3.8, 4) is 0 Å². The molecule has 0 radical (unpaired) electrons. The van der Waals surface area contributed by atoms with E-state index in [4.69, 9.17) is 0 Å². The molecule has 0 bridgehead atoms. The standard InChI is InChI=1S/C19H14/c1-12-6-5-7-14-10-11-17-16-9-4-3-8-15(16)13(2)19(17)18(12)14/h3-9,11H,1-2,10H2. The molecule has 0 aliphatic heterocycles. The molecule has 0 aromatic heterocycles. The maximum atomic E-state index is 4.31. The first kappa shape index (κ1) is 10.6. The van der Waals surface area contributed by atoms with Gasteiger partial charge in [-0.1, -0.05) is 61.7 Å². The fourth-order valence-electron chi connectivity index (χ4n) is 3.27. The highest BCUT2D eigenvalue weighted by atomic mass is 14.3. The summed E-state index contributed by atoms with van der Waals surface area (Å²) in [4.78, 5) is 0. The Morgan fingerprint density at radius 3 is 2.47 bits per heavy atom. The van der Waals surface area contributed by atoms with E-state index in [1.807, 2.05) is 0 Å². The number of hydrogen-bond donors (Lipinski definition) is 0. The van der Waals surface area contributed by atoms with Gasteiger partial charge in [0.05, 0.1) is 0 Å². The van der Waals surface area contributed by atoms with Crippen LogP contribution in [0.3, 0.4) is 0 Å². The van der Waals surface area contributed by atoms with Gasteiger partial charge in [-0.15, -0.1) is 0 Å². The maximum absolute atomic E-state index is 4.31. The van der Waals surface area contributed by atoms with Gasteiger partial charge in [0.25, 0.3) is 0 Å². The van der Waals surface area contributed by atoms with Gasteiger partial charge in [0.1, 0.15) is 0 Å². The molecule has 0 heterocycles. The summed E-state index contributed by atoms with van der Waals surface area (Å²) in [5.41, 5.74) is 7.70. The van der Waals surface area contributed by atoms with Crippen molar-refractivity contribution in [1.82, 2.24) is 0 Å². The molecule has 90 valence electrons. The molecule has 0 spiro atoms. The van der Waals surface area contributed by atoms with E-state index in [0.717, 1.165) is 17.2 Å². The summed E-state index contributed by atoms with van der Waals surface area (Å²) in [5, 5.41) is 2.40. The van der Waals surface area contributed by atoms with E-state index in [1.165, 1.54) is 33.1 Å². The third kappa shape index (κ3) is 1.29. The van der Waals surface area contributed by atoms with Gasteiger partial charge >= 0.3 is 0 Å². The minimum atomic E-state index is 0.985. The van der Waals surface area contributed by atoms with Crippen LogP contribution in [0, 0.1) is 0 Å². The van der Waals surface area contributed by atoms with Crippen LogP contribution < -0.4 is 10.4 Å². The van der Waals surface area contributed by atoms with Crippen LogP contribution in [-0.2, 0) is 6.42 Å². The summed E-state index contributed by atoms with van der Waals surface area (Å²) in [6.07, 6.45) is 3.31. The van der Waals surface area contributed by atoms with E-state index in [9.17, 15) is 0 Å². The normalized spacial score (nSPS) is 15.7. The summed E-state index contributed by atoms with van der Waals surface area (Å²) in [6.45, 7) is 8.52. The molecule has 0 saturated carbocycles. The van der Waals surface area contributed by atoms with Crippen molar-refractivity contribution in [3.05, 3.63) is 82.2 Å². The molecule has 0 heteroatoms. The van der Waals surface area contributed by atoms with Crippen LogP contribution in [0.15, 0.2) is 55.1 Å². The molecule has 2 aliphatic carbocycles. The topological polar surface area (TPSA) is 0 Å². The van der Waals surface area contributed by atoms with Crippen molar-refractivity contribution in [3.63, 3.8) is 0 Å². The summed E-state index contributed by atoms with van der Waals surface area (Å²) < 4.78 is 0. The average Bonchev–Trinajstić information content (AvgIpc) is 2.73. The fraction of sp³-hybridized carbons (Fsp3) is 0.0526. The highest BCUT2D eigenvalue weighted by molar-refractivity contribution is 6.26. The van der Waals surface area contributed by atoms with Crippen LogP contribution in [-0.4, -0.2) is 0 Å². The highest BCUT2D eigenvalue weighted by Gasteiger charge is 2.27. The lowest BCUT2D eigenvalue weighted by atomic mass is 9.90. The summed E-state index contributed by atoms with van der Waals surface area (Å²) in [6, 6.07) is 14.9. The van der Waals surface area contributed by atoms with E-state index in [1.54, 1.807) is 0 Å². The van der Waals surface area contributed by atoms with Crippen molar-refractivity contribution in [2.75, 3.05) is 0 Å². The second kappa shape index (κ2) is 3.58. The summed E-state index contributed by atoms with van der Waals surface area (Å²) >= 11 is 0. The Balaban J connectivity index is 2.21. The Kier molecular flexibility index (Phi) is 1.99. The van der Waals surface area contributed by atoms with Gasteiger partial charge in [-0.25, -0.2) is 0 Å². The number of hydrogen-bond acceptors (Lipinski definition) is 0. The van der Waals surface area contributed by atoms with Crippen LogP contribution in [0.4, 0.5) is 0 Å². The van der Waals surface area contributed by atoms with Crippen molar-refractivity contribution in [1.29, 1.82) is 0 Å². The second-order valence-electron chi connectivity index (χ2n) is 5.17. The quantitative estimate of drug-likeness (QED) is 0.666. The van der Waals surface area contributed by atoms with Crippen LogP contribution in [0.1, 0.15) is 16.7 Å². The molecule has 2 aromatic rings. The maximum Gasteiger partial charge on any atom is -0.00267 e. The third-order valence-electron chi connectivity index (χ3n) is 4.13. The first-order chi connectivity index (χ1) is 9.27. The zero-order valence-corrected chi connectivity index (χ0v) is 10.7. The number of allylic oxidation sites excluding steroid dienone is 3. The minimum Gasteiger partial charge on any atom is -0.0911 e. The van der Waals surface area contributed by atoms with E-state index >= 15 is 0 Å². The lowest BCUT2D eigenvalue weighted by molar-refractivity contribution is 1.21. The van der Waals surface area contributed by atoms with E-state index in [2.05, 4.69) is 61.7 Å². The number of fused-ring (bicyclic) bond motifs is 4. The van der Waals surface area contributed by atoms with Crippen molar-refractivity contribution in [2.24, 2.45) is 0 Å². The molecule has 0 nitrogen and oxygen atoms in total. The second-order valence-corrected chi connectivity index (χ2v) is 5.17. The van der Waals surface area contributed by atoms with Gasteiger partial charge in [0, 0.05) is 0 Å². The van der Waals surface area contributed by atoms with Crippen molar-refractivity contribution < 1.29 is 0 Å². The molecule has 0 unspecified atom stereocenters. The van der Waals surface area contributed by atoms with Crippen LogP contribution >= 0.6 is 0 Å². The molecule has 4 rings (SSSR count). The molecule has 19 heavy (non-hydrogen) atoms. The smallest absolute Gasteiger partial charge is 0.00267 e. The third-order valence-corrected chi connectivity index (χ3v) is 4.13. The van der Waals surface area contributed by atoms with E-state index in [-0.39, 0.29) is 0 Å². The lowest BCUT2D eigenvalue weighted by Crippen LogP contribution is -2.31. The summed E-state index contributed by atoms with van der Waals surface area (Å²) in [5.74, 6) is 0. The van der Waals surface area contributed by atoms with Gasteiger partial charge in [0.2, 0.25) is 0 Å². The molecule has 0 saturated heterocycles. The zero-order valence-electron chi connectivity index (χ0n) is 10.7. The molecular weight excluding hydrogens is 228 g/mol. The van der Waals surface area contributed by atoms with E-state index in [0.29, 0.717) is 0 Å². The molecule has 0 fully saturated rings. The van der Waals surface area contributed by atoms with Crippen molar-refractivity contribution >= 4 is 23.3 Å². The summed E-state index contributed by atoms with van der Waals surface area (Å²) in [7, 11) is 0. The van der Waals surface area contributed by atoms with Crippen LogP contribution in [0.5, 0.6) is 0 Å². The van der Waals surface area contributed by atoms with Crippen LogP contribution in [0.2, 0.25) is 0 Å². The number of rotatable bonds is 0. The van der Waals surface area contributed by atoms with Crippen molar-refractivity contribution in [2.45, 2.75) is 6.42 Å². The molecule has 0 N–H and O–H groups in total. The van der Waals surface area contributed by atoms with Gasteiger partial charge in [-0.05, 0) is 50.3 Å². The monoisotopic (exact) mass is 242 g/mol. The Morgan fingerprint density at radius 2 is 1.63 bits per heavy atom. The molecule has 0 atom stereocenters. The molecule has 0 amide bonds. The van der Waals surface area contributed by atoms with Gasteiger partial charge in [-0.2, -0.15) is 0 Å². The average molecular weight is 242 g/mol. The zero-order chi connectivity index (χ0) is 13.0. The fourth-order valence-corrected chi connectivity index (χ4v) is 3.27. The van der Waals surface area contributed by atoms with Gasteiger partial charge in [0.15, 0.2) is 0 Å². The van der Waals surface area contributed by atoms with Gasteiger partial charge < -0.3 is 0 Å². The predicted molar refractivity (Wildman–Crippen MR) is 81.8 cm³/mol. The first-order valence-electron chi connectivity index (χ1n) is 6.58.